The molecule has 1 atom stereocenters. The standard InChI is InChI=1S/C7H8ClF/c1-5-6(8)3-2-4-7(5)9/h2-3,7H,4H2,1H3. The van der Waals surface area contributed by atoms with E-state index >= 15 is 0 Å². The van der Waals surface area contributed by atoms with Gasteiger partial charge in [-0.3, -0.25) is 0 Å². The van der Waals surface area contributed by atoms with Gasteiger partial charge in [0.05, 0.1) is 0 Å². The van der Waals surface area contributed by atoms with Crippen molar-refractivity contribution in [1.82, 2.24) is 0 Å². The molecule has 0 saturated heterocycles. The quantitative estimate of drug-likeness (QED) is 0.493. The lowest BCUT2D eigenvalue weighted by Crippen LogP contribution is -2.04. The topological polar surface area (TPSA) is 0 Å². The van der Waals surface area contributed by atoms with E-state index in [1.54, 1.807) is 19.1 Å². The third-order valence-corrected chi connectivity index (χ3v) is 1.88. The molecule has 0 aromatic carbocycles. The van der Waals surface area contributed by atoms with Crippen molar-refractivity contribution in [1.29, 1.82) is 0 Å². The Hall–Kier alpha value is -0.300. The molecule has 1 aliphatic carbocycles. The summed E-state index contributed by atoms with van der Waals surface area (Å²) >= 11 is 5.61. The van der Waals surface area contributed by atoms with Gasteiger partial charge < -0.3 is 0 Å². The van der Waals surface area contributed by atoms with Gasteiger partial charge in [-0.05, 0) is 18.6 Å². The lowest BCUT2D eigenvalue weighted by atomic mass is 10.1. The summed E-state index contributed by atoms with van der Waals surface area (Å²) in [5, 5.41) is 0.550. The van der Waals surface area contributed by atoms with Gasteiger partial charge in [-0.1, -0.05) is 17.7 Å². The minimum Gasteiger partial charge on any atom is -0.242 e. The highest BCUT2D eigenvalue weighted by atomic mass is 35.5. The molecule has 2 heteroatoms. The fourth-order valence-electron chi connectivity index (χ4n) is 0.749. The largest absolute Gasteiger partial charge is 0.242 e. The normalized spacial score (nSPS) is 27.2. The fraction of sp³-hybridized carbons (Fsp3) is 0.429. The van der Waals surface area contributed by atoms with Gasteiger partial charge in [-0.25, -0.2) is 4.39 Å². The Balaban J connectivity index is 2.83. The Kier molecular flexibility index (Phi) is 1.91. The van der Waals surface area contributed by atoms with E-state index in [0.29, 0.717) is 17.0 Å². The summed E-state index contributed by atoms with van der Waals surface area (Å²) in [7, 11) is 0. The molecule has 0 saturated carbocycles. The minimum absolute atomic E-state index is 0.474. The van der Waals surface area contributed by atoms with E-state index in [4.69, 9.17) is 11.6 Å². The molecule has 0 aliphatic heterocycles. The second-order valence-electron chi connectivity index (χ2n) is 2.14. The third kappa shape index (κ3) is 1.33. The zero-order valence-corrected chi connectivity index (χ0v) is 5.95. The molecule has 0 aromatic rings. The lowest BCUT2D eigenvalue weighted by molar-refractivity contribution is 0.382. The molecule has 1 unspecified atom stereocenters. The average molecular weight is 147 g/mol. The fourth-order valence-corrected chi connectivity index (χ4v) is 0.956. The molecule has 0 bridgehead atoms. The van der Waals surface area contributed by atoms with Crippen LogP contribution in [-0.4, -0.2) is 6.17 Å². The van der Waals surface area contributed by atoms with Crippen LogP contribution in [0.15, 0.2) is 22.8 Å². The lowest BCUT2D eigenvalue weighted by Gasteiger charge is -2.10. The van der Waals surface area contributed by atoms with Gasteiger partial charge in [0.1, 0.15) is 6.17 Å². The number of hydrogen-bond acceptors (Lipinski definition) is 0. The number of halogens is 2. The van der Waals surface area contributed by atoms with Crippen molar-refractivity contribution >= 4 is 11.6 Å². The molecule has 0 spiro atoms. The first kappa shape index (κ1) is 6.81. The molecular formula is C7H8ClF. The summed E-state index contributed by atoms with van der Waals surface area (Å²) in [4.78, 5) is 0. The molecule has 0 radical (unpaired) electrons. The van der Waals surface area contributed by atoms with Crippen molar-refractivity contribution in [3.05, 3.63) is 22.8 Å². The van der Waals surface area contributed by atoms with E-state index in [1.807, 2.05) is 0 Å². The van der Waals surface area contributed by atoms with Crippen LogP contribution in [0.5, 0.6) is 0 Å². The molecule has 9 heavy (non-hydrogen) atoms. The van der Waals surface area contributed by atoms with Gasteiger partial charge in [0, 0.05) is 11.5 Å². The Morgan fingerprint density at radius 1 is 1.78 bits per heavy atom. The predicted molar refractivity (Wildman–Crippen MR) is 37.2 cm³/mol. The van der Waals surface area contributed by atoms with Gasteiger partial charge in [-0.2, -0.15) is 0 Å². The van der Waals surface area contributed by atoms with Gasteiger partial charge in [0.25, 0.3) is 0 Å². The monoisotopic (exact) mass is 146 g/mol. The van der Waals surface area contributed by atoms with Crippen molar-refractivity contribution in [3.63, 3.8) is 0 Å². The highest BCUT2D eigenvalue weighted by molar-refractivity contribution is 6.31. The van der Waals surface area contributed by atoms with Gasteiger partial charge in [0.2, 0.25) is 0 Å². The molecular weight excluding hydrogens is 139 g/mol. The van der Waals surface area contributed by atoms with Crippen LogP contribution in [0.1, 0.15) is 13.3 Å². The molecule has 0 fully saturated rings. The zero-order valence-electron chi connectivity index (χ0n) is 5.20. The molecule has 0 aromatic heterocycles. The van der Waals surface area contributed by atoms with Crippen LogP contribution in [0, 0.1) is 0 Å². The van der Waals surface area contributed by atoms with E-state index in [9.17, 15) is 4.39 Å². The number of alkyl halides is 1. The SMILES string of the molecule is CC1=C(Cl)C=CCC1F. The molecule has 0 amide bonds. The van der Waals surface area contributed by atoms with Gasteiger partial charge in [0.15, 0.2) is 0 Å². The number of hydrogen-bond donors (Lipinski definition) is 0. The summed E-state index contributed by atoms with van der Waals surface area (Å²) < 4.78 is 12.6. The highest BCUT2D eigenvalue weighted by Crippen LogP contribution is 2.23. The van der Waals surface area contributed by atoms with Crippen LogP contribution in [0.25, 0.3) is 0 Å². The minimum atomic E-state index is -0.859. The van der Waals surface area contributed by atoms with E-state index < -0.39 is 6.17 Å². The number of allylic oxidation sites excluding steroid dienone is 4. The van der Waals surface area contributed by atoms with Crippen molar-refractivity contribution in [2.24, 2.45) is 0 Å². The molecule has 1 rings (SSSR count). The van der Waals surface area contributed by atoms with E-state index in [0.717, 1.165) is 0 Å². The Labute approximate surface area is 59.0 Å². The van der Waals surface area contributed by atoms with E-state index in [1.165, 1.54) is 0 Å². The van der Waals surface area contributed by atoms with Crippen molar-refractivity contribution in [2.75, 3.05) is 0 Å². The summed E-state index contributed by atoms with van der Waals surface area (Å²) in [6, 6.07) is 0. The maximum Gasteiger partial charge on any atom is 0.126 e. The molecule has 0 N–H and O–H groups in total. The van der Waals surface area contributed by atoms with Crippen molar-refractivity contribution < 1.29 is 4.39 Å². The average Bonchev–Trinajstić information content (AvgIpc) is 1.83. The van der Waals surface area contributed by atoms with Crippen LogP contribution in [0.2, 0.25) is 0 Å². The smallest absolute Gasteiger partial charge is 0.126 e. The maximum absolute atomic E-state index is 12.6. The van der Waals surface area contributed by atoms with Crippen LogP contribution in [0.4, 0.5) is 4.39 Å². The maximum atomic E-state index is 12.6. The summed E-state index contributed by atoms with van der Waals surface area (Å²) in [6.45, 7) is 1.72. The molecule has 0 heterocycles. The first-order chi connectivity index (χ1) is 4.22. The third-order valence-electron chi connectivity index (χ3n) is 1.45. The first-order valence-corrected chi connectivity index (χ1v) is 3.26. The van der Waals surface area contributed by atoms with Gasteiger partial charge >= 0.3 is 0 Å². The van der Waals surface area contributed by atoms with Gasteiger partial charge in [-0.15, -0.1) is 0 Å². The van der Waals surface area contributed by atoms with E-state index in [-0.39, 0.29) is 0 Å². The zero-order chi connectivity index (χ0) is 6.85. The second-order valence-corrected chi connectivity index (χ2v) is 2.54. The first-order valence-electron chi connectivity index (χ1n) is 2.88. The summed E-state index contributed by atoms with van der Waals surface area (Å²) in [5.41, 5.74) is 0.652. The van der Waals surface area contributed by atoms with Crippen LogP contribution >= 0.6 is 11.6 Å². The predicted octanol–water partition coefficient (Wildman–Crippen LogP) is 2.80. The molecule has 0 nitrogen and oxygen atoms in total. The van der Waals surface area contributed by atoms with Crippen molar-refractivity contribution in [3.8, 4) is 0 Å². The van der Waals surface area contributed by atoms with Crippen LogP contribution in [-0.2, 0) is 0 Å². The molecule has 1 aliphatic rings. The number of rotatable bonds is 0. The summed E-state index contributed by atoms with van der Waals surface area (Å²) in [5.74, 6) is 0. The van der Waals surface area contributed by atoms with Crippen LogP contribution < -0.4 is 0 Å². The van der Waals surface area contributed by atoms with E-state index in [2.05, 4.69) is 0 Å². The highest BCUT2D eigenvalue weighted by Gasteiger charge is 2.12. The van der Waals surface area contributed by atoms with Crippen molar-refractivity contribution in [2.45, 2.75) is 19.5 Å². The summed E-state index contributed by atoms with van der Waals surface area (Å²) in [6.07, 6.45) is 3.11. The van der Waals surface area contributed by atoms with Crippen LogP contribution in [0.3, 0.4) is 0 Å². The molecule has 50 valence electrons. The second kappa shape index (κ2) is 2.53. The Morgan fingerprint density at radius 2 is 2.44 bits per heavy atom. The Morgan fingerprint density at radius 3 is 2.89 bits per heavy atom. The Bertz CT molecular complexity index is 170.